The van der Waals surface area contributed by atoms with E-state index in [1.54, 1.807) is 0 Å². The Hall–Kier alpha value is -3.84. The second-order valence-electron chi connectivity index (χ2n) is 12.4. The number of hydrogen-bond acceptors (Lipinski definition) is 7. The van der Waals surface area contributed by atoms with Gasteiger partial charge >= 0.3 is 0 Å². The molecule has 0 aromatic heterocycles. The number of hydrogen-bond donors (Lipinski definition) is 0. The summed E-state index contributed by atoms with van der Waals surface area (Å²) in [5.74, 6) is 1.48. The van der Waals surface area contributed by atoms with Crippen LogP contribution in [0.4, 0.5) is 17.1 Å². The van der Waals surface area contributed by atoms with E-state index in [0.717, 1.165) is 50.5 Å². The smallest absolute Gasteiger partial charge is 0.0295 e. The standard InChI is InChI=1S/C38H39N7.Ir/c1-29-24-41(32-12-6-4-7-13-32)27-40(29)22-20-39-19-18-35-37(45-28-42(25-30(45)2)33-14-8-5-9-15-33)34-16-10-11-17-36(34)44-26-31(3)43(23-21-39)38(35)44;/h4-12,14,16-17,24-28,38H,18-23H2,1-3H3;/q-6;. The Labute approximate surface area is 288 Å². The average Bonchev–Trinajstić information content (AvgIpc) is 3.74. The first-order chi connectivity index (χ1) is 22.0. The molecule has 3 aromatic carbocycles. The summed E-state index contributed by atoms with van der Waals surface area (Å²) in [4.78, 5) is 16.9. The summed E-state index contributed by atoms with van der Waals surface area (Å²) < 4.78 is 0. The van der Waals surface area contributed by atoms with Crippen LogP contribution in [0, 0.1) is 37.4 Å². The molecular formula is C38H39IrN7-6. The van der Waals surface area contributed by atoms with Crippen molar-refractivity contribution in [3.8, 4) is 0 Å². The second kappa shape index (κ2) is 12.7. The van der Waals surface area contributed by atoms with Crippen LogP contribution in [-0.2, 0) is 20.1 Å². The molecule has 1 saturated heterocycles. The average molecular weight is 786 g/mol. The molecule has 0 bridgehead atoms. The number of allylic oxidation sites excluding steroid dienone is 3. The van der Waals surface area contributed by atoms with Crippen LogP contribution in [0.1, 0.15) is 32.8 Å². The van der Waals surface area contributed by atoms with E-state index in [0.29, 0.717) is 0 Å². The van der Waals surface area contributed by atoms with E-state index < -0.39 is 0 Å². The molecule has 5 aliphatic rings. The summed E-state index contributed by atoms with van der Waals surface area (Å²) in [6.45, 7) is 16.1. The largest absolute Gasteiger partial charge is 0.559 e. The predicted octanol–water partition coefficient (Wildman–Crippen LogP) is 6.37. The SMILES string of the molecule is CC1=CN(c2[c-]cccc2)[CH-]N1CCN1CC[C-]2[C-](N3[CH-]N(c4[c-]cccc4)C=C3C)c3ccccc3N3C=C(C)N(CC1)C23.[Ir]. The van der Waals surface area contributed by atoms with Crippen LogP contribution in [0.3, 0.4) is 0 Å². The number of anilines is 3. The zero-order chi connectivity index (χ0) is 30.5. The molecule has 0 aliphatic carbocycles. The summed E-state index contributed by atoms with van der Waals surface area (Å²) in [6.07, 6.45) is 7.98. The molecule has 8 heteroatoms. The minimum atomic E-state index is 0. The van der Waals surface area contributed by atoms with E-state index in [9.17, 15) is 0 Å². The molecule has 3 aromatic rings. The van der Waals surface area contributed by atoms with Gasteiger partial charge in [0.05, 0.1) is 0 Å². The van der Waals surface area contributed by atoms with Crippen molar-refractivity contribution in [2.75, 3.05) is 47.4 Å². The van der Waals surface area contributed by atoms with Crippen molar-refractivity contribution < 1.29 is 20.1 Å². The van der Waals surface area contributed by atoms with E-state index in [1.165, 1.54) is 40.3 Å². The Kier molecular flexibility index (Phi) is 8.53. The number of nitrogens with zero attached hydrogens (tertiary/aromatic N) is 7. The van der Waals surface area contributed by atoms with E-state index in [-0.39, 0.29) is 26.3 Å². The third-order valence-electron chi connectivity index (χ3n) is 9.57. The third kappa shape index (κ3) is 5.46. The summed E-state index contributed by atoms with van der Waals surface area (Å²) in [6, 6.07) is 33.3. The molecule has 0 spiro atoms. The van der Waals surface area contributed by atoms with E-state index in [2.05, 4.69) is 148 Å². The fourth-order valence-corrected chi connectivity index (χ4v) is 7.27. The van der Waals surface area contributed by atoms with Gasteiger partial charge in [0.25, 0.3) is 0 Å². The zero-order valence-corrected chi connectivity index (χ0v) is 29.0. The van der Waals surface area contributed by atoms with Crippen LogP contribution in [0.25, 0.3) is 0 Å². The fourth-order valence-electron chi connectivity index (χ4n) is 7.27. The molecule has 0 amide bonds. The number of para-hydroxylation sites is 3. The Morgan fingerprint density at radius 3 is 2.17 bits per heavy atom. The first-order valence-corrected chi connectivity index (χ1v) is 16.0. The summed E-state index contributed by atoms with van der Waals surface area (Å²) >= 11 is 0. The van der Waals surface area contributed by atoms with Gasteiger partial charge in [0.1, 0.15) is 0 Å². The molecular weight excluding hydrogens is 747 g/mol. The minimum Gasteiger partial charge on any atom is -0.559 e. The predicted molar refractivity (Wildman–Crippen MR) is 180 cm³/mol. The molecule has 46 heavy (non-hydrogen) atoms. The van der Waals surface area contributed by atoms with Crippen molar-refractivity contribution in [2.45, 2.75) is 33.4 Å². The summed E-state index contributed by atoms with van der Waals surface area (Å²) in [5.41, 5.74) is 8.48. The molecule has 1 atom stereocenters. The van der Waals surface area contributed by atoms with Crippen LogP contribution in [0.2, 0.25) is 0 Å². The van der Waals surface area contributed by atoms with Gasteiger partial charge in [0.15, 0.2) is 0 Å². The molecule has 5 aliphatic heterocycles. The molecule has 8 rings (SSSR count). The maximum Gasteiger partial charge on any atom is 0.0295 e. The fraction of sp³-hybridized carbons (Fsp3) is 0.263. The quantitative estimate of drug-likeness (QED) is 0.268. The molecule has 1 radical (unpaired) electrons. The van der Waals surface area contributed by atoms with Crippen molar-refractivity contribution in [1.29, 1.82) is 0 Å². The van der Waals surface area contributed by atoms with Gasteiger partial charge in [-0.1, -0.05) is 17.8 Å². The van der Waals surface area contributed by atoms with Gasteiger partial charge in [-0.2, -0.15) is 92.1 Å². The number of fused-ring (bicyclic) bond motifs is 2. The van der Waals surface area contributed by atoms with E-state index in [4.69, 9.17) is 0 Å². The van der Waals surface area contributed by atoms with Gasteiger partial charge in [0.2, 0.25) is 0 Å². The van der Waals surface area contributed by atoms with Crippen LogP contribution in [0.5, 0.6) is 0 Å². The van der Waals surface area contributed by atoms with Gasteiger partial charge in [-0.15, -0.1) is 17.4 Å². The van der Waals surface area contributed by atoms with Crippen molar-refractivity contribution >= 4 is 17.1 Å². The molecule has 1 unspecified atom stereocenters. The second-order valence-corrected chi connectivity index (χ2v) is 12.4. The van der Waals surface area contributed by atoms with Gasteiger partial charge in [-0.05, 0) is 57.3 Å². The first-order valence-electron chi connectivity index (χ1n) is 16.0. The Morgan fingerprint density at radius 2 is 1.43 bits per heavy atom. The van der Waals surface area contributed by atoms with E-state index >= 15 is 0 Å². The van der Waals surface area contributed by atoms with Crippen LogP contribution >= 0.6 is 0 Å². The van der Waals surface area contributed by atoms with Crippen molar-refractivity contribution in [1.82, 2.24) is 19.6 Å². The summed E-state index contributed by atoms with van der Waals surface area (Å²) in [7, 11) is 0. The number of rotatable bonds is 6. The van der Waals surface area contributed by atoms with Gasteiger partial charge < -0.3 is 34.3 Å². The third-order valence-corrected chi connectivity index (χ3v) is 9.57. The van der Waals surface area contributed by atoms with Gasteiger partial charge in [-0.3, -0.25) is 12.0 Å². The maximum atomic E-state index is 3.40. The maximum absolute atomic E-state index is 3.40. The zero-order valence-electron chi connectivity index (χ0n) is 26.6. The van der Waals surface area contributed by atoms with Crippen molar-refractivity contribution in [3.63, 3.8) is 0 Å². The molecule has 241 valence electrons. The number of benzene rings is 3. The van der Waals surface area contributed by atoms with Crippen LogP contribution in [-0.4, -0.2) is 58.5 Å². The monoisotopic (exact) mass is 786 g/mol. The Bertz CT molecular complexity index is 1620. The van der Waals surface area contributed by atoms with Crippen LogP contribution < -0.4 is 14.7 Å². The molecule has 7 nitrogen and oxygen atoms in total. The molecule has 0 N–H and O–H groups in total. The Balaban J connectivity index is 0.00000338. The molecule has 1 fully saturated rings. The van der Waals surface area contributed by atoms with Crippen molar-refractivity contribution in [2.24, 2.45) is 0 Å². The Morgan fingerprint density at radius 1 is 0.739 bits per heavy atom. The van der Waals surface area contributed by atoms with E-state index in [1.807, 2.05) is 24.3 Å². The van der Waals surface area contributed by atoms with Crippen molar-refractivity contribution in [3.05, 3.63) is 151 Å². The van der Waals surface area contributed by atoms with Crippen LogP contribution in [0.15, 0.2) is 108 Å². The summed E-state index contributed by atoms with van der Waals surface area (Å²) in [5, 5.41) is 0. The van der Waals surface area contributed by atoms with Gasteiger partial charge in [-0.25, -0.2) is 0 Å². The molecule has 5 heterocycles. The van der Waals surface area contributed by atoms with Gasteiger partial charge in [0, 0.05) is 58.2 Å². The first kappa shape index (κ1) is 30.8. The topological polar surface area (TPSA) is 22.7 Å². The molecule has 0 saturated carbocycles. The minimum absolute atomic E-state index is 0. The normalized spacial score (nSPS) is 21.4.